The summed E-state index contributed by atoms with van der Waals surface area (Å²) in [5.41, 5.74) is 1.46. The molecule has 1 heterocycles. The van der Waals surface area contributed by atoms with E-state index in [4.69, 9.17) is 24.1 Å². The summed E-state index contributed by atoms with van der Waals surface area (Å²) in [5, 5.41) is 28.6. The standard InChI is InChI=1S/C20H22O7/c1-24-15-10-13(5-6-14(15)23)19-18(11-22)27-20-16(25-2)8-12(4-3-7-21)9-17(20)26-19/h3-6,8-10,18-19,21-23H,7,11H2,1-2H3/b4-3+/t18-,19-/m0/s1. The van der Waals surface area contributed by atoms with Gasteiger partial charge in [0.15, 0.2) is 35.2 Å². The molecule has 27 heavy (non-hydrogen) atoms. The summed E-state index contributed by atoms with van der Waals surface area (Å²) < 4.78 is 22.6. The lowest BCUT2D eigenvalue weighted by molar-refractivity contribution is -0.0141. The fraction of sp³-hybridized carbons (Fsp3) is 0.300. The number of aliphatic hydroxyl groups excluding tert-OH is 2. The Bertz CT molecular complexity index is 831. The summed E-state index contributed by atoms with van der Waals surface area (Å²) in [6.07, 6.45) is 2.06. The van der Waals surface area contributed by atoms with Gasteiger partial charge in [-0.05, 0) is 29.8 Å². The van der Waals surface area contributed by atoms with E-state index in [0.717, 1.165) is 5.56 Å². The zero-order valence-corrected chi connectivity index (χ0v) is 15.1. The van der Waals surface area contributed by atoms with E-state index in [0.29, 0.717) is 28.6 Å². The minimum atomic E-state index is -0.667. The van der Waals surface area contributed by atoms with Crippen LogP contribution in [0.15, 0.2) is 36.4 Å². The second-order valence-electron chi connectivity index (χ2n) is 5.94. The first-order chi connectivity index (χ1) is 13.1. The highest BCUT2D eigenvalue weighted by Crippen LogP contribution is 2.47. The summed E-state index contributed by atoms with van der Waals surface area (Å²) in [5.74, 6) is 1.63. The first kappa shape index (κ1) is 18.9. The number of aromatic hydroxyl groups is 1. The van der Waals surface area contributed by atoms with E-state index in [-0.39, 0.29) is 19.0 Å². The van der Waals surface area contributed by atoms with Crippen LogP contribution in [-0.2, 0) is 0 Å². The molecular formula is C20H22O7. The minimum absolute atomic E-state index is 0.0111. The first-order valence-corrected chi connectivity index (χ1v) is 8.41. The highest BCUT2D eigenvalue weighted by molar-refractivity contribution is 5.63. The fourth-order valence-corrected chi connectivity index (χ4v) is 2.95. The normalized spacial score (nSPS) is 18.5. The Hall–Kier alpha value is -2.90. The molecule has 7 nitrogen and oxygen atoms in total. The van der Waals surface area contributed by atoms with Crippen LogP contribution in [0.4, 0.5) is 0 Å². The van der Waals surface area contributed by atoms with E-state index in [9.17, 15) is 10.2 Å². The quantitative estimate of drug-likeness (QED) is 0.714. The van der Waals surface area contributed by atoms with Crippen LogP contribution in [0.25, 0.3) is 6.08 Å². The molecule has 1 aliphatic rings. The van der Waals surface area contributed by atoms with Gasteiger partial charge >= 0.3 is 0 Å². The van der Waals surface area contributed by atoms with Crippen LogP contribution in [0.1, 0.15) is 17.2 Å². The van der Waals surface area contributed by atoms with Gasteiger partial charge in [-0.3, -0.25) is 0 Å². The molecule has 1 aliphatic heterocycles. The van der Waals surface area contributed by atoms with Crippen LogP contribution in [0.2, 0.25) is 0 Å². The summed E-state index contributed by atoms with van der Waals surface area (Å²) in [6, 6.07) is 8.35. The molecule has 0 aliphatic carbocycles. The Kier molecular flexibility index (Phi) is 5.73. The van der Waals surface area contributed by atoms with Crippen molar-refractivity contribution in [3.05, 3.63) is 47.5 Å². The second kappa shape index (κ2) is 8.20. The number of methoxy groups -OCH3 is 2. The Morgan fingerprint density at radius 2 is 1.81 bits per heavy atom. The zero-order valence-electron chi connectivity index (χ0n) is 15.1. The third-order valence-corrected chi connectivity index (χ3v) is 4.25. The highest BCUT2D eigenvalue weighted by atomic mass is 16.6. The Morgan fingerprint density at radius 1 is 1.04 bits per heavy atom. The van der Waals surface area contributed by atoms with Crippen molar-refractivity contribution in [3.63, 3.8) is 0 Å². The van der Waals surface area contributed by atoms with Crippen molar-refractivity contribution in [2.45, 2.75) is 12.2 Å². The molecule has 3 N–H and O–H groups in total. The molecule has 0 saturated carbocycles. The monoisotopic (exact) mass is 374 g/mol. The van der Waals surface area contributed by atoms with Crippen molar-refractivity contribution in [3.8, 4) is 28.7 Å². The number of ether oxygens (including phenoxy) is 4. The van der Waals surface area contributed by atoms with Gasteiger partial charge < -0.3 is 34.3 Å². The molecule has 2 atom stereocenters. The fourth-order valence-electron chi connectivity index (χ4n) is 2.95. The first-order valence-electron chi connectivity index (χ1n) is 8.41. The second-order valence-corrected chi connectivity index (χ2v) is 5.94. The molecular weight excluding hydrogens is 352 g/mol. The predicted octanol–water partition coefficient (Wildman–Crippen LogP) is 2.29. The van der Waals surface area contributed by atoms with Crippen LogP contribution in [0, 0.1) is 0 Å². The summed E-state index contributed by atoms with van der Waals surface area (Å²) in [4.78, 5) is 0. The Balaban J connectivity index is 2.02. The summed E-state index contributed by atoms with van der Waals surface area (Å²) >= 11 is 0. The van der Waals surface area contributed by atoms with Crippen molar-refractivity contribution >= 4 is 6.08 Å². The van der Waals surface area contributed by atoms with Gasteiger partial charge in [0.2, 0.25) is 5.75 Å². The number of aliphatic hydroxyl groups is 2. The molecule has 7 heteroatoms. The van der Waals surface area contributed by atoms with Gasteiger partial charge in [0, 0.05) is 5.56 Å². The van der Waals surface area contributed by atoms with Gasteiger partial charge in [-0.15, -0.1) is 0 Å². The molecule has 0 bridgehead atoms. The van der Waals surface area contributed by atoms with Crippen molar-refractivity contribution in [2.24, 2.45) is 0 Å². The Labute approximate surface area is 157 Å². The minimum Gasteiger partial charge on any atom is -0.504 e. The maximum atomic E-state index is 9.81. The van der Waals surface area contributed by atoms with Gasteiger partial charge in [0.05, 0.1) is 27.4 Å². The lowest BCUT2D eigenvalue weighted by Gasteiger charge is -2.34. The molecule has 2 aromatic carbocycles. The molecule has 3 rings (SSSR count). The third-order valence-electron chi connectivity index (χ3n) is 4.25. The average molecular weight is 374 g/mol. The van der Waals surface area contributed by atoms with Crippen molar-refractivity contribution < 1.29 is 34.3 Å². The van der Waals surface area contributed by atoms with Gasteiger partial charge in [0.25, 0.3) is 0 Å². The average Bonchev–Trinajstić information content (AvgIpc) is 2.70. The van der Waals surface area contributed by atoms with E-state index >= 15 is 0 Å². The predicted molar refractivity (Wildman–Crippen MR) is 98.6 cm³/mol. The summed E-state index contributed by atoms with van der Waals surface area (Å²) in [7, 11) is 2.98. The van der Waals surface area contributed by atoms with Gasteiger partial charge in [-0.2, -0.15) is 0 Å². The number of rotatable bonds is 6. The largest absolute Gasteiger partial charge is 0.504 e. The molecule has 0 spiro atoms. The van der Waals surface area contributed by atoms with Gasteiger partial charge in [-0.1, -0.05) is 18.2 Å². The van der Waals surface area contributed by atoms with Crippen molar-refractivity contribution in [2.75, 3.05) is 27.4 Å². The maximum Gasteiger partial charge on any atom is 0.204 e. The van der Waals surface area contributed by atoms with Crippen molar-refractivity contribution in [1.82, 2.24) is 0 Å². The molecule has 0 unspecified atom stereocenters. The molecule has 2 aromatic rings. The molecule has 0 aromatic heterocycles. The smallest absolute Gasteiger partial charge is 0.204 e. The van der Waals surface area contributed by atoms with Gasteiger partial charge in [-0.25, -0.2) is 0 Å². The molecule has 0 saturated heterocycles. The van der Waals surface area contributed by atoms with Crippen molar-refractivity contribution in [1.29, 1.82) is 0 Å². The van der Waals surface area contributed by atoms with E-state index < -0.39 is 12.2 Å². The topological polar surface area (TPSA) is 97.6 Å². The lowest BCUT2D eigenvalue weighted by atomic mass is 10.0. The van der Waals surface area contributed by atoms with E-state index in [2.05, 4.69) is 0 Å². The lowest BCUT2D eigenvalue weighted by Crippen LogP contribution is -2.36. The van der Waals surface area contributed by atoms with Gasteiger partial charge in [0.1, 0.15) is 0 Å². The van der Waals surface area contributed by atoms with Crippen LogP contribution in [0.3, 0.4) is 0 Å². The SMILES string of the molecule is COc1cc([C@@H]2Oc3cc(/C=C/CO)cc(OC)c3O[C@H]2CO)ccc1O. The van der Waals surface area contributed by atoms with Crippen LogP contribution in [-0.4, -0.2) is 48.9 Å². The van der Waals surface area contributed by atoms with E-state index in [1.807, 2.05) is 0 Å². The van der Waals surface area contributed by atoms with Crippen LogP contribution < -0.4 is 18.9 Å². The summed E-state index contributed by atoms with van der Waals surface area (Å²) in [6.45, 7) is -0.359. The molecule has 0 radical (unpaired) electrons. The number of hydrogen-bond acceptors (Lipinski definition) is 7. The highest BCUT2D eigenvalue weighted by Gasteiger charge is 2.35. The van der Waals surface area contributed by atoms with E-state index in [1.54, 1.807) is 36.4 Å². The van der Waals surface area contributed by atoms with E-state index in [1.165, 1.54) is 20.3 Å². The zero-order chi connectivity index (χ0) is 19.4. The van der Waals surface area contributed by atoms with Crippen LogP contribution >= 0.6 is 0 Å². The number of phenolic OH excluding ortho intramolecular Hbond substituents is 1. The molecule has 0 amide bonds. The third kappa shape index (κ3) is 3.79. The maximum absolute atomic E-state index is 9.81. The number of phenols is 1. The van der Waals surface area contributed by atoms with Crippen LogP contribution in [0.5, 0.6) is 28.7 Å². The Morgan fingerprint density at radius 3 is 2.48 bits per heavy atom. The molecule has 0 fully saturated rings. The number of benzene rings is 2. The number of fused-ring (bicyclic) bond motifs is 1. The number of hydrogen-bond donors (Lipinski definition) is 3. The molecule has 144 valence electrons.